The summed E-state index contributed by atoms with van der Waals surface area (Å²) < 4.78 is 41.5. The van der Waals surface area contributed by atoms with E-state index in [2.05, 4.69) is 9.62 Å². The molecule has 4 aromatic rings. The Balaban J connectivity index is 1.21. The number of aliphatic hydroxyl groups excluding tert-OH is 2. The van der Waals surface area contributed by atoms with Crippen LogP contribution in [0, 0.1) is 0 Å². The Morgan fingerprint density at radius 3 is 2.27 bits per heavy atom. The molecule has 0 bridgehead atoms. The quantitative estimate of drug-likeness (QED) is 0.206. The molecule has 4 atom stereocenters. The molecule has 2 heterocycles. The van der Waals surface area contributed by atoms with Crippen LogP contribution in [-0.2, 0) is 32.6 Å². The van der Waals surface area contributed by atoms with Crippen molar-refractivity contribution < 1.29 is 28.1 Å². The largest absolute Gasteiger partial charge is 0.395 e. The molecule has 236 valence electrons. The zero-order valence-electron chi connectivity index (χ0n) is 25.2. The Hall–Kier alpha value is -3.41. The van der Waals surface area contributed by atoms with E-state index in [4.69, 9.17) is 9.47 Å². The van der Waals surface area contributed by atoms with Crippen molar-refractivity contribution in [3.8, 4) is 11.1 Å². The Morgan fingerprint density at radius 2 is 1.53 bits per heavy atom. The Bertz CT molecular complexity index is 1650. The lowest BCUT2D eigenvalue weighted by atomic mass is 9.97. The number of rotatable bonds is 11. The molecule has 0 unspecified atom stereocenters. The standard InChI is InChI=1S/C36H40N2O6S/c39-24-26-12-14-28(15-13-26)35-21-32(23-38-20-6-8-31(38)25-40)43-36(44-35)29-18-16-27(17-19-29)34-11-5-4-7-30(34)22-37-45(41,42)33-9-2-1-3-10-33/h1-5,7,9-19,31-32,35-37,39-40H,6,8,20-25H2/t31-,32-,35+,36+/m0/s1. The van der Waals surface area contributed by atoms with Gasteiger partial charge in [0.15, 0.2) is 6.29 Å². The van der Waals surface area contributed by atoms with Crippen molar-refractivity contribution in [3.05, 3.63) is 125 Å². The number of nitrogens with zero attached hydrogens (tertiary/aromatic N) is 1. The van der Waals surface area contributed by atoms with E-state index in [1.165, 1.54) is 0 Å². The lowest BCUT2D eigenvalue weighted by Gasteiger charge is -2.38. The molecule has 6 rings (SSSR count). The molecule has 0 saturated carbocycles. The van der Waals surface area contributed by atoms with Gasteiger partial charge in [-0.1, -0.05) is 91.0 Å². The summed E-state index contributed by atoms with van der Waals surface area (Å²) in [5.41, 5.74) is 5.54. The molecule has 4 aromatic carbocycles. The Kier molecular flexibility index (Phi) is 10.1. The van der Waals surface area contributed by atoms with Gasteiger partial charge in [0.25, 0.3) is 0 Å². The maximum atomic E-state index is 12.8. The van der Waals surface area contributed by atoms with E-state index in [-0.39, 0.29) is 42.9 Å². The van der Waals surface area contributed by atoms with Gasteiger partial charge in [-0.25, -0.2) is 13.1 Å². The van der Waals surface area contributed by atoms with Crippen LogP contribution >= 0.6 is 0 Å². The second-order valence-corrected chi connectivity index (χ2v) is 13.5. The minimum atomic E-state index is -3.64. The maximum absolute atomic E-state index is 12.8. The van der Waals surface area contributed by atoms with Crippen molar-refractivity contribution in [2.45, 2.75) is 61.8 Å². The predicted molar refractivity (Wildman–Crippen MR) is 172 cm³/mol. The van der Waals surface area contributed by atoms with Crippen LogP contribution in [0.15, 0.2) is 108 Å². The molecule has 2 aliphatic rings. The highest BCUT2D eigenvalue weighted by Crippen LogP contribution is 2.39. The van der Waals surface area contributed by atoms with Crippen LogP contribution in [0.5, 0.6) is 0 Å². The first kappa shape index (κ1) is 31.6. The zero-order valence-corrected chi connectivity index (χ0v) is 26.0. The summed E-state index contributed by atoms with van der Waals surface area (Å²) in [5.74, 6) is 0. The average molecular weight is 629 g/mol. The molecule has 2 saturated heterocycles. The van der Waals surface area contributed by atoms with Crippen LogP contribution in [0.3, 0.4) is 0 Å². The number of hydrogen-bond donors (Lipinski definition) is 3. The van der Waals surface area contributed by atoms with Crippen LogP contribution < -0.4 is 4.72 Å². The SMILES string of the molecule is O=S(=O)(NCc1ccccc1-c1ccc([C@@H]2O[C@H](CN3CCC[C@H]3CO)C[C@H](c3ccc(CO)cc3)O2)cc1)c1ccccc1. The molecule has 0 aliphatic carbocycles. The number of nitrogens with one attached hydrogen (secondary N) is 1. The predicted octanol–water partition coefficient (Wildman–Crippen LogP) is 5.33. The monoisotopic (exact) mass is 628 g/mol. The molecule has 8 nitrogen and oxygen atoms in total. The highest BCUT2D eigenvalue weighted by Gasteiger charge is 2.35. The summed E-state index contributed by atoms with van der Waals surface area (Å²) in [6.45, 7) is 1.97. The third kappa shape index (κ3) is 7.53. The summed E-state index contributed by atoms with van der Waals surface area (Å²) in [4.78, 5) is 2.56. The second kappa shape index (κ2) is 14.3. The number of benzene rings is 4. The highest BCUT2D eigenvalue weighted by molar-refractivity contribution is 7.89. The number of ether oxygens (including phenoxy) is 2. The number of aliphatic hydroxyl groups is 2. The maximum Gasteiger partial charge on any atom is 0.240 e. The summed E-state index contributed by atoms with van der Waals surface area (Å²) >= 11 is 0. The highest BCUT2D eigenvalue weighted by atomic mass is 32.2. The van der Waals surface area contributed by atoms with Crippen molar-refractivity contribution in [2.75, 3.05) is 19.7 Å². The van der Waals surface area contributed by atoms with Crippen molar-refractivity contribution in [1.29, 1.82) is 0 Å². The zero-order chi connectivity index (χ0) is 31.2. The van der Waals surface area contributed by atoms with Crippen LogP contribution in [0.2, 0.25) is 0 Å². The molecule has 0 radical (unpaired) electrons. The van der Waals surface area contributed by atoms with E-state index >= 15 is 0 Å². The van der Waals surface area contributed by atoms with Crippen molar-refractivity contribution >= 4 is 10.0 Å². The van der Waals surface area contributed by atoms with E-state index in [1.54, 1.807) is 30.3 Å². The topological polar surface area (TPSA) is 108 Å². The van der Waals surface area contributed by atoms with E-state index in [0.717, 1.165) is 59.3 Å². The van der Waals surface area contributed by atoms with Gasteiger partial charge in [0, 0.05) is 31.1 Å². The number of likely N-dealkylation sites (tertiary alicyclic amines) is 1. The molecule has 0 spiro atoms. The van der Waals surface area contributed by atoms with Gasteiger partial charge in [-0.2, -0.15) is 0 Å². The second-order valence-electron chi connectivity index (χ2n) is 11.7. The third-order valence-electron chi connectivity index (χ3n) is 8.78. The first-order valence-corrected chi connectivity index (χ1v) is 17.0. The van der Waals surface area contributed by atoms with E-state index in [1.807, 2.05) is 72.8 Å². The van der Waals surface area contributed by atoms with Crippen LogP contribution in [-0.4, -0.2) is 55.4 Å². The fourth-order valence-corrected chi connectivity index (χ4v) is 7.30. The molecular formula is C36H40N2O6S. The van der Waals surface area contributed by atoms with Crippen LogP contribution in [0.1, 0.15) is 53.9 Å². The van der Waals surface area contributed by atoms with Crippen LogP contribution in [0.4, 0.5) is 0 Å². The average Bonchev–Trinajstić information content (AvgIpc) is 3.55. The first-order valence-electron chi connectivity index (χ1n) is 15.5. The molecule has 45 heavy (non-hydrogen) atoms. The van der Waals surface area contributed by atoms with Gasteiger partial charge in [0.2, 0.25) is 10.0 Å². The van der Waals surface area contributed by atoms with Gasteiger partial charge in [-0.3, -0.25) is 4.90 Å². The molecule has 0 amide bonds. The third-order valence-corrected chi connectivity index (χ3v) is 10.2. The van der Waals surface area contributed by atoms with Gasteiger partial charge in [0.1, 0.15) is 0 Å². The fourth-order valence-electron chi connectivity index (χ4n) is 6.27. The number of hydrogen-bond acceptors (Lipinski definition) is 7. The first-order chi connectivity index (χ1) is 21.9. The van der Waals surface area contributed by atoms with Gasteiger partial charge in [-0.05, 0) is 59.3 Å². The molecule has 2 aliphatic heterocycles. The normalized spacial score (nSPS) is 22.4. The van der Waals surface area contributed by atoms with Crippen molar-refractivity contribution in [3.63, 3.8) is 0 Å². The van der Waals surface area contributed by atoms with Gasteiger partial charge < -0.3 is 19.7 Å². The summed E-state index contributed by atoms with van der Waals surface area (Å²) in [5, 5.41) is 19.4. The van der Waals surface area contributed by atoms with E-state index in [0.29, 0.717) is 6.42 Å². The fraction of sp³-hybridized carbons (Fsp3) is 0.333. The molecule has 2 fully saturated rings. The van der Waals surface area contributed by atoms with E-state index < -0.39 is 16.3 Å². The van der Waals surface area contributed by atoms with Gasteiger partial charge in [0.05, 0.1) is 30.3 Å². The van der Waals surface area contributed by atoms with Crippen molar-refractivity contribution in [1.82, 2.24) is 9.62 Å². The van der Waals surface area contributed by atoms with Crippen molar-refractivity contribution in [2.24, 2.45) is 0 Å². The lowest BCUT2D eigenvalue weighted by Crippen LogP contribution is -2.42. The molecule has 9 heteroatoms. The Morgan fingerprint density at radius 1 is 0.822 bits per heavy atom. The minimum Gasteiger partial charge on any atom is -0.395 e. The summed E-state index contributed by atoms with van der Waals surface area (Å²) in [6, 6.07) is 32.2. The molecule has 3 N–H and O–H groups in total. The summed E-state index contributed by atoms with van der Waals surface area (Å²) in [7, 11) is -3.64. The smallest absolute Gasteiger partial charge is 0.240 e. The Labute approximate surface area is 265 Å². The van der Waals surface area contributed by atoms with E-state index in [9.17, 15) is 18.6 Å². The van der Waals surface area contributed by atoms with Gasteiger partial charge >= 0.3 is 0 Å². The number of sulfonamides is 1. The molecular weight excluding hydrogens is 588 g/mol. The van der Waals surface area contributed by atoms with Crippen LogP contribution in [0.25, 0.3) is 11.1 Å². The summed E-state index contributed by atoms with van der Waals surface area (Å²) in [6.07, 6.45) is 1.90. The van der Waals surface area contributed by atoms with Gasteiger partial charge in [-0.15, -0.1) is 0 Å². The molecule has 0 aromatic heterocycles. The lowest BCUT2D eigenvalue weighted by molar-refractivity contribution is -0.253. The minimum absolute atomic E-state index is 0.00789.